The molecule has 4 nitrogen and oxygen atoms in total. The summed E-state index contributed by atoms with van der Waals surface area (Å²) in [5, 5.41) is 3.15. The van der Waals surface area contributed by atoms with Crippen LogP contribution >= 0.6 is 0 Å². The summed E-state index contributed by atoms with van der Waals surface area (Å²) >= 11 is 0. The van der Waals surface area contributed by atoms with Gasteiger partial charge in [-0.1, -0.05) is 13.3 Å². The predicted octanol–water partition coefficient (Wildman–Crippen LogP) is 0.540. The maximum Gasteiger partial charge on any atom is 0.209 e. The largest absolute Gasteiger partial charge is 0.343 e. The molecule has 0 bridgehead atoms. The third-order valence-corrected chi connectivity index (χ3v) is 3.20. The lowest BCUT2D eigenvalue weighted by molar-refractivity contribution is -0.118. The van der Waals surface area contributed by atoms with Gasteiger partial charge in [-0.3, -0.25) is 4.79 Å². The number of carbonyl (C=O) groups excluding carboxylic acids is 1. The topological polar surface area (TPSA) is 35.6 Å². The van der Waals surface area contributed by atoms with Gasteiger partial charge in [0, 0.05) is 26.2 Å². The Morgan fingerprint density at radius 1 is 1.06 bits per heavy atom. The highest BCUT2D eigenvalue weighted by Crippen LogP contribution is 2.06. The van der Waals surface area contributed by atoms with E-state index in [1.54, 1.807) is 4.90 Å². The number of piperidine rings is 1. The van der Waals surface area contributed by atoms with Crippen LogP contribution in [0.5, 0.6) is 0 Å². The molecule has 1 amide bonds. The zero-order valence-corrected chi connectivity index (χ0v) is 10.5. The van der Waals surface area contributed by atoms with E-state index in [1.165, 1.54) is 38.9 Å². The van der Waals surface area contributed by atoms with Crippen molar-refractivity contribution in [1.29, 1.82) is 0 Å². The van der Waals surface area contributed by atoms with Crippen LogP contribution in [0, 0.1) is 0 Å². The molecule has 1 N–H and O–H groups in total. The van der Waals surface area contributed by atoms with Crippen LogP contribution in [0.15, 0.2) is 0 Å². The lowest BCUT2D eigenvalue weighted by Crippen LogP contribution is -2.42. The number of carbonyl (C=O) groups is 1. The van der Waals surface area contributed by atoms with Crippen LogP contribution in [0.3, 0.4) is 0 Å². The van der Waals surface area contributed by atoms with Crippen molar-refractivity contribution in [2.45, 2.75) is 26.2 Å². The van der Waals surface area contributed by atoms with Crippen molar-refractivity contribution in [3.63, 3.8) is 0 Å². The number of hydrogen-bond acceptors (Lipinski definition) is 3. The van der Waals surface area contributed by atoms with Crippen LogP contribution in [-0.2, 0) is 4.79 Å². The SMILES string of the molecule is CCN1CCCCC1.O=CN1CCNCC1. The van der Waals surface area contributed by atoms with Gasteiger partial charge in [0.25, 0.3) is 0 Å². The minimum Gasteiger partial charge on any atom is -0.343 e. The number of amides is 1. The van der Waals surface area contributed by atoms with E-state index in [1.807, 2.05) is 0 Å². The molecule has 2 rings (SSSR count). The summed E-state index contributed by atoms with van der Waals surface area (Å²) in [4.78, 5) is 14.3. The molecule has 16 heavy (non-hydrogen) atoms. The molecule has 2 aliphatic heterocycles. The monoisotopic (exact) mass is 227 g/mol. The molecule has 94 valence electrons. The third-order valence-electron chi connectivity index (χ3n) is 3.20. The molecule has 0 saturated carbocycles. The van der Waals surface area contributed by atoms with E-state index in [9.17, 15) is 4.79 Å². The minimum absolute atomic E-state index is 0.865. The molecule has 0 aromatic carbocycles. The fourth-order valence-corrected chi connectivity index (χ4v) is 2.06. The summed E-state index contributed by atoms with van der Waals surface area (Å²) in [7, 11) is 0. The van der Waals surface area contributed by atoms with Crippen LogP contribution in [0.1, 0.15) is 26.2 Å². The van der Waals surface area contributed by atoms with E-state index in [4.69, 9.17) is 0 Å². The molecule has 0 aliphatic carbocycles. The summed E-state index contributed by atoms with van der Waals surface area (Å²) in [6.45, 7) is 9.79. The molecule has 0 spiro atoms. The molecular formula is C12H25N3O. The Kier molecular flexibility index (Phi) is 7.17. The van der Waals surface area contributed by atoms with Gasteiger partial charge in [0.1, 0.15) is 0 Å². The van der Waals surface area contributed by atoms with Crippen molar-refractivity contribution in [2.75, 3.05) is 45.8 Å². The van der Waals surface area contributed by atoms with Crippen molar-refractivity contribution < 1.29 is 4.79 Å². The van der Waals surface area contributed by atoms with Crippen LogP contribution in [0.25, 0.3) is 0 Å². The molecule has 2 saturated heterocycles. The van der Waals surface area contributed by atoms with Crippen molar-refractivity contribution in [2.24, 2.45) is 0 Å². The number of likely N-dealkylation sites (tertiary alicyclic amines) is 1. The van der Waals surface area contributed by atoms with Gasteiger partial charge < -0.3 is 15.1 Å². The van der Waals surface area contributed by atoms with Crippen LogP contribution < -0.4 is 5.32 Å². The maximum atomic E-state index is 10.1. The summed E-state index contributed by atoms with van der Waals surface area (Å²) in [5.41, 5.74) is 0. The van der Waals surface area contributed by atoms with Gasteiger partial charge in [0.15, 0.2) is 0 Å². The van der Waals surface area contributed by atoms with Crippen LogP contribution in [0.4, 0.5) is 0 Å². The Morgan fingerprint density at radius 3 is 2.06 bits per heavy atom. The highest BCUT2D eigenvalue weighted by molar-refractivity contribution is 5.47. The molecule has 2 aliphatic rings. The summed E-state index contributed by atoms with van der Waals surface area (Å²) in [6.07, 6.45) is 5.21. The minimum atomic E-state index is 0.865. The van der Waals surface area contributed by atoms with Crippen molar-refractivity contribution in [1.82, 2.24) is 15.1 Å². The first-order valence-corrected chi connectivity index (χ1v) is 6.49. The molecule has 0 atom stereocenters. The van der Waals surface area contributed by atoms with Gasteiger partial charge in [-0.05, 0) is 32.5 Å². The molecule has 0 aromatic rings. The summed E-state index contributed by atoms with van der Waals surface area (Å²) < 4.78 is 0. The number of hydrogen-bond donors (Lipinski definition) is 1. The molecule has 2 fully saturated rings. The maximum absolute atomic E-state index is 10.1. The standard InChI is InChI=1S/C7H15N.C5H10N2O/c1-2-8-6-4-3-5-7-8;8-5-7-3-1-6-2-4-7/h2-7H2,1H3;5-6H,1-4H2. The molecule has 0 aromatic heterocycles. The average molecular weight is 227 g/mol. The number of nitrogens with one attached hydrogen (secondary N) is 1. The van der Waals surface area contributed by atoms with Gasteiger partial charge >= 0.3 is 0 Å². The Balaban J connectivity index is 0.000000160. The lowest BCUT2D eigenvalue weighted by atomic mass is 10.1. The quantitative estimate of drug-likeness (QED) is 0.699. The molecule has 0 radical (unpaired) electrons. The molecule has 0 unspecified atom stereocenters. The Bertz CT molecular complexity index is 175. The zero-order chi connectivity index (χ0) is 11.6. The fraction of sp³-hybridized carbons (Fsp3) is 0.917. The van der Waals surface area contributed by atoms with E-state index >= 15 is 0 Å². The number of rotatable bonds is 2. The normalized spacial score (nSPS) is 22.2. The van der Waals surface area contributed by atoms with E-state index in [-0.39, 0.29) is 0 Å². The Labute approximate surface area is 99.0 Å². The molecular weight excluding hydrogens is 202 g/mol. The van der Waals surface area contributed by atoms with Gasteiger partial charge in [0.05, 0.1) is 0 Å². The van der Waals surface area contributed by atoms with Crippen LogP contribution in [-0.4, -0.2) is 62.0 Å². The first-order valence-electron chi connectivity index (χ1n) is 6.49. The smallest absolute Gasteiger partial charge is 0.209 e. The second-order valence-corrected chi connectivity index (χ2v) is 4.39. The Hall–Kier alpha value is -0.610. The number of piperazine rings is 1. The van der Waals surface area contributed by atoms with Gasteiger partial charge in [0.2, 0.25) is 6.41 Å². The van der Waals surface area contributed by atoms with Gasteiger partial charge in [-0.2, -0.15) is 0 Å². The van der Waals surface area contributed by atoms with Crippen molar-refractivity contribution >= 4 is 6.41 Å². The third kappa shape index (κ3) is 5.47. The predicted molar refractivity (Wildman–Crippen MR) is 66.5 cm³/mol. The summed E-state index contributed by atoms with van der Waals surface area (Å²) in [6, 6.07) is 0. The highest BCUT2D eigenvalue weighted by Gasteiger charge is 2.05. The fourth-order valence-electron chi connectivity index (χ4n) is 2.06. The van der Waals surface area contributed by atoms with E-state index in [0.29, 0.717) is 0 Å². The highest BCUT2D eigenvalue weighted by atomic mass is 16.1. The molecule has 2 heterocycles. The van der Waals surface area contributed by atoms with E-state index in [0.717, 1.165) is 32.6 Å². The first kappa shape index (κ1) is 13.5. The zero-order valence-electron chi connectivity index (χ0n) is 10.5. The lowest BCUT2D eigenvalue weighted by Gasteiger charge is -2.24. The number of nitrogens with zero attached hydrogens (tertiary/aromatic N) is 2. The van der Waals surface area contributed by atoms with E-state index in [2.05, 4.69) is 17.1 Å². The van der Waals surface area contributed by atoms with Gasteiger partial charge in [-0.25, -0.2) is 0 Å². The summed E-state index contributed by atoms with van der Waals surface area (Å²) in [5.74, 6) is 0. The molecule has 4 heteroatoms. The second kappa shape index (κ2) is 8.53. The Morgan fingerprint density at radius 2 is 1.69 bits per heavy atom. The van der Waals surface area contributed by atoms with Crippen molar-refractivity contribution in [3.8, 4) is 0 Å². The average Bonchev–Trinajstić information content (AvgIpc) is 2.41. The van der Waals surface area contributed by atoms with Gasteiger partial charge in [-0.15, -0.1) is 0 Å². The van der Waals surface area contributed by atoms with Crippen LogP contribution in [0.2, 0.25) is 0 Å². The van der Waals surface area contributed by atoms with E-state index < -0.39 is 0 Å². The van der Waals surface area contributed by atoms with Crippen molar-refractivity contribution in [3.05, 3.63) is 0 Å². The first-order chi connectivity index (χ1) is 7.86. The second-order valence-electron chi connectivity index (χ2n) is 4.39.